The molecule has 0 aliphatic heterocycles. The van der Waals surface area contributed by atoms with Gasteiger partial charge in [-0.15, -0.1) is 11.3 Å². The molecule has 0 aliphatic rings. The molecule has 1 atom stereocenters. The van der Waals surface area contributed by atoms with Crippen molar-refractivity contribution in [1.29, 1.82) is 0 Å². The second-order valence-corrected chi connectivity index (χ2v) is 7.52. The molecule has 0 saturated carbocycles. The Morgan fingerprint density at radius 2 is 2.15 bits per heavy atom. The topological polar surface area (TPSA) is 55.1 Å². The average Bonchev–Trinajstić information content (AvgIpc) is 2.89. The molecule has 114 valence electrons. The second kappa shape index (κ2) is 7.79. The summed E-state index contributed by atoms with van der Waals surface area (Å²) in [5, 5.41) is 5.14. The molecule has 0 bridgehead atoms. The van der Waals surface area contributed by atoms with Crippen LogP contribution in [-0.2, 0) is 10.2 Å². The Hall–Kier alpha value is -0.870. The molecular weight excluding hydrogens is 268 g/mol. The fraction of sp³-hybridized carbons (Fsp3) is 0.688. The third-order valence-corrected chi connectivity index (χ3v) is 4.76. The first-order valence-electron chi connectivity index (χ1n) is 7.36. The lowest BCUT2D eigenvalue weighted by molar-refractivity contribution is -0.122. The molecule has 1 aromatic rings. The predicted octanol–water partition coefficient (Wildman–Crippen LogP) is 3.15. The smallest absolute Gasteiger partial charge is 0.220 e. The van der Waals surface area contributed by atoms with E-state index in [-0.39, 0.29) is 11.3 Å². The number of amides is 1. The third kappa shape index (κ3) is 5.63. The van der Waals surface area contributed by atoms with Crippen molar-refractivity contribution in [3.05, 3.63) is 22.4 Å². The van der Waals surface area contributed by atoms with Crippen LogP contribution in [0.3, 0.4) is 0 Å². The number of carbonyl (C=O) groups excluding carboxylic acids is 1. The highest BCUT2D eigenvalue weighted by molar-refractivity contribution is 7.10. The molecule has 3 nitrogen and oxygen atoms in total. The molecule has 3 N–H and O–H groups in total. The van der Waals surface area contributed by atoms with E-state index in [0.29, 0.717) is 31.3 Å². The zero-order valence-electron chi connectivity index (χ0n) is 13.1. The highest BCUT2D eigenvalue weighted by atomic mass is 32.1. The molecular formula is C16H28N2OS. The third-order valence-electron chi connectivity index (χ3n) is 3.53. The molecule has 0 radical (unpaired) electrons. The highest BCUT2D eigenvalue weighted by Crippen LogP contribution is 2.26. The van der Waals surface area contributed by atoms with Crippen molar-refractivity contribution >= 4 is 17.2 Å². The van der Waals surface area contributed by atoms with Crippen molar-refractivity contribution in [1.82, 2.24) is 5.32 Å². The van der Waals surface area contributed by atoms with Gasteiger partial charge in [0.25, 0.3) is 0 Å². The largest absolute Gasteiger partial charge is 0.355 e. The van der Waals surface area contributed by atoms with E-state index in [2.05, 4.69) is 50.5 Å². The average molecular weight is 296 g/mol. The summed E-state index contributed by atoms with van der Waals surface area (Å²) in [4.78, 5) is 13.3. The van der Waals surface area contributed by atoms with Crippen LogP contribution >= 0.6 is 11.3 Å². The van der Waals surface area contributed by atoms with E-state index in [9.17, 15) is 4.79 Å². The summed E-state index contributed by atoms with van der Waals surface area (Å²) in [7, 11) is 0. The van der Waals surface area contributed by atoms with Gasteiger partial charge in [0.05, 0.1) is 0 Å². The molecule has 0 saturated heterocycles. The Labute approximate surface area is 127 Å². The van der Waals surface area contributed by atoms with Gasteiger partial charge in [0.15, 0.2) is 0 Å². The Kier molecular flexibility index (Phi) is 6.69. The van der Waals surface area contributed by atoms with Gasteiger partial charge in [0.2, 0.25) is 5.91 Å². The van der Waals surface area contributed by atoms with Gasteiger partial charge in [-0.3, -0.25) is 4.79 Å². The van der Waals surface area contributed by atoms with Gasteiger partial charge in [-0.25, -0.2) is 0 Å². The van der Waals surface area contributed by atoms with Gasteiger partial charge in [0.1, 0.15) is 0 Å². The summed E-state index contributed by atoms with van der Waals surface area (Å²) >= 11 is 1.74. The molecule has 1 amide bonds. The van der Waals surface area contributed by atoms with Crippen LogP contribution in [0.5, 0.6) is 0 Å². The summed E-state index contributed by atoms with van der Waals surface area (Å²) in [5.74, 6) is 0.990. The van der Waals surface area contributed by atoms with E-state index < -0.39 is 0 Å². The van der Waals surface area contributed by atoms with Crippen molar-refractivity contribution in [2.24, 2.45) is 17.6 Å². The van der Waals surface area contributed by atoms with Crippen LogP contribution < -0.4 is 11.1 Å². The molecule has 1 heterocycles. The first kappa shape index (κ1) is 17.2. The number of carbonyl (C=O) groups is 1. The van der Waals surface area contributed by atoms with E-state index in [1.165, 1.54) is 4.88 Å². The van der Waals surface area contributed by atoms with Crippen molar-refractivity contribution < 1.29 is 4.79 Å². The molecule has 4 heteroatoms. The molecule has 20 heavy (non-hydrogen) atoms. The van der Waals surface area contributed by atoms with Crippen LogP contribution in [-0.4, -0.2) is 19.0 Å². The lowest BCUT2D eigenvalue weighted by atomic mass is 9.90. The van der Waals surface area contributed by atoms with E-state index in [0.717, 1.165) is 6.42 Å². The fourth-order valence-corrected chi connectivity index (χ4v) is 3.19. The van der Waals surface area contributed by atoms with E-state index in [1.54, 1.807) is 11.3 Å². The zero-order valence-corrected chi connectivity index (χ0v) is 13.9. The van der Waals surface area contributed by atoms with Gasteiger partial charge < -0.3 is 11.1 Å². The number of hydrogen-bond acceptors (Lipinski definition) is 3. The first-order chi connectivity index (χ1) is 9.35. The van der Waals surface area contributed by atoms with E-state index in [4.69, 9.17) is 5.73 Å². The van der Waals surface area contributed by atoms with Crippen molar-refractivity contribution in [2.45, 2.75) is 46.0 Å². The number of nitrogens with one attached hydrogen (secondary N) is 1. The van der Waals surface area contributed by atoms with Crippen LogP contribution in [0.25, 0.3) is 0 Å². The summed E-state index contributed by atoms with van der Waals surface area (Å²) < 4.78 is 0. The first-order valence-corrected chi connectivity index (χ1v) is 8.24. The van der Waals surface area contributed by atoms with E-state index in [1.807, 2.05) is 0 Å². The number of rotatable bonds is 8. The SMILES string of the molecule is CC(C)C[C@H](CN)CC(=O)NCC(C)(C)c1cccs1. The van der Waals surface area contributed by atoms with Gasteiger partial charge >= 0.3 is 0 Å². The van der Waals surface area contributed by atoms with Crippen molar-refractivity contribution in [3.8, 4) is 0 Å². The minimum absolute atomic E-state index is 0.0138. The maximum Gasteiger partial charge on any atom is 0.220 e. The summed E-state index contributed by atoms with van der Waals surface area (Å²) in [5.41, 5.74) is 5.74. The van der Waals surface area contributed by atoms with Crippen LogP contribution in [0.2, 0.25) is 0 Å². The quantitative estimate of drug-likeness (QED) is 0.774. The lowest BCUT2D eigenvalue weighted by Gasteiger charge is -2.24. The monoisotopic (exact) mass is 296 g/mol. The van der Waals surface area contributed by atoms with Crippen molar-refractivity contribution in [2.75, 3.05) is 13.1 Å². The molecule has 0 unspecified atom stereocenters. The Bertz CT molecular complexity index is 399. The van der Waals surface area contributed by atoms with Crippen LogP contribution in [0, 0.1) is 11.8 Å². The summed E-state index contributed by atoms with van der Waals surface area (Å²) in [6.45, 7) is 9.91. The summed E-state index contributed by atoms with van der Waals surface area (Å²) in [6.07, 6.45) is 1.55. The minimum Gasteiger partial charge on any atom is -0.355 e. The van der Waals surface area contributed by atoms with Gasteiger partial charge in [-0.2, -0.15) is 0 Å². The normalized spacial score (nSPS) is 13.5. The molecule has 0 spiro atoms. The van der Waals surface area contributed by atoms with Gasteiger partial charge in [-0.1, -0.05) is 33.8 Å². The number of hydrogen-bond donors (Lipinski definition) is 2. The zero-order chi connectivity index (χ0) is 15.2. The Morgan fingerprint density at radius 1 is 1.45 bits per heavy atom. The molecule has 0 fully saturated rings. The Morgan fingerprint density at radius 3 is 2.65 bits per heavy atom. The number of nitrogens with two attached hydrogens (primary N) is 1. The van der Waals surface area contributed by atoms with Gasteiger partial charge in [0, 0.05) is 23.3 Å². The molecule has 1 rings (SSSR count). The molecule has 0 aliphatic carbocycles. The molecule has 1 aromatic heterocycles. The summed E-state index contributed by atoms with van der Waals surface area (Å²) in [6, 6.07) is 4.18. The second-order valence-electron chi connectivity index (χ2n) is 6.57. The molecule has 0 aromatic carbocycles. The van der Waals surface area contributed by atoms with Gasteiger partial charge in [-0.05, 0) is 36.2 Å². The highest BCUT2D eigenvalue weighted by Gasteiger charge is 2.23. The van der Waals surface area contributed by atoms with E-state index >= 15 is 0 Å². The standard InChI is InChI=1S/C16H28N2OS/c1-12(2)8-13(10-17)9-15(19)18-11-16(3,4)14-6-5-7-20-14/h5-7,12-13H,8-11,17H2,1-4H3,(H,18,19)/t13-/m0/s1. The maximum absolute atomic E-state index is 12.0. The lowest BCUT2D eigenvalue weighted by Crippen LogP contribution is -2.37. The van der Waals surface area contributed by atoms with Crippen LogP contribution in [0.15, 0.2) is 17.5 Å². The predicted molar refractivity (Wildman–Crippen MR) is 87.0 cm³/mol. The van der Waals surface area contributed by atoms with Crippen LogP contribution in [0.1, 0.15) is 45.4 Å². The fourth-order valence-electron chi connectivity index (χ4n) is 2.33. The van der Waals surface area contributed by atoms with Crippen molar-refractivity contribution in [3.63, 3.8) is 0 Å². The maximum atomic E-state index is 12.0. The van der Waals surface area contributed by atoms with Crippen LogP contribution in [0.4, 0.5) is 0 Å². The minimum atomic E-state index is -0.0138. The number of thiophene rings is 1. The Balaban J connectivity index is 2.43.